The standard InChI is InChI=1S/C23H22ClN3O5S/c1-16-6-9-20(10-7-16)33(30,31)27(19-5-3-4-18(24)13-19)15-23(29)26-25-14-17-8-11-21(28)22(12-17)32-2/h3-14,28H,15H2,1-2H3,(H,26,29)/b25-14-. The quantitative estimate of drug-likeness (QED) is 0.372. The molecule has 0 aromatic heterocycles. The molecule has 3 aromatic carbocycles. The summed E-state index contributed by atoms with van der Waals surface area (Å²) in [5, 5.41) is 13.8. The number of halogens is 1. The van der Waals surface area contributed by atoms with Crippen molar-refractivity contribution in [2.24, 2.45) is 5.10 Å². The van der Waals surface area contributed by atoms with Gasteiger partial charge in [-0.25, -0.2) is 13.8 Å². The molecule has 0 saturated heterocycles. The number of hydrazone groups is 1. The van der Waals surface area contributed by atoms with Crippen LogP contribution in [0, 0.1) is 6.92 Å². The monoisotopic (exact) mass is 487 g/mol. The van der Waals surface area contributed by atoms with E-state index in [9.17, 15) is 18.3 Å². The second-order valence-corrected chi connectivity index (χ2v) is 9.33. The van der Waals surface area contributed by atoms with Crippen molar-refractivity contribution in [3.63, 3.8) is 0 Å². The molecule has 172 valence electrons. The second-order valence-electron chi connectivity index (χ2n) is 7.03. The molecular formula is C23H22ClN3O5S. The van der Waals surface area contributed by atoms with Crippen LogP contribution >= 0.6 is 11.6 Å². The number of sulfonamides is 1. The lowest BCUT2D eigenvalue weighted by atomic mass is 10.2. The highest BCUT2D eigenvalue weighted by Gasteiger charge is 2.27. The van der Waals surface area contributed by atoms with Gasteiger partial charge in [0.2, 0.25) is 0 Å². The number of rotatable bonds is 8. The summed E-state index contributed by atoms with van der Waals surface area (Å²) in [6.45, 7) is 1.33. The third-order valence-electron chi connectivity index (χ3n) is 4.60. The highest BCUT2D eigenvalue weighted by atomic mass is 35.5. The van der Waals surface area contributed by atoms with Crippen LogP contribution in [-0.4, -0.2) is 39.3 Å². The van der Waals surface area contributed by atoms with E-state index in [1.807, 2.05) is 6.92 Å². The first-order chi connectivity index (χ1) is 15.7. The van der Waals surface area contributed by atoms with Crippen molar-refractivity contribution in [1.82, 2.24) is 5.43 Å². The van der Waals surface area contributed by atoms with Gasteiger partial charge >= 0.3 is 0 Å². The van der Waals surface area contributed by atoms with Gasteiger partial charge in [0.05, 0.1) is 23.9 Å². The number of nitrogens with zero attached hydrogens (tertiary/aromatic N) is 2. The minimum absolute atomic E-state index is 0.0304. The summed E-state index contributed by atoms with van der Waals surface area (Å²) in [6, 6.07) is 17.1. The van der Waals surface area contributed by atoms with Crippen LogP contribution in [0.1, 0.15) is 11.1 Å². The number of carbonyl (C=O) groups is 1. The number of phenolic OH excluding ortho intramolecular Hbond substituents is 1. The van der Waals surface area contributed by atoms with E-state index in [1.165, 1.54) is 43.7 Å². The van der Waals surface area contributed by atoms with Gasteiger partial charge in [-0.1, -0.05) is 35.4 Å². The molecule has 0 spiro atoms. The zero-order valence-corrected chi connectivity index (χ0v) is 19.5. The maximum atomic E-state index is 13.3. The summed E-state index contributed by atoms with van der Waals surface area (Å²) in [7, 11) is -2.64. The Hall–Kier alpha value is -3.56. The Labute approximate surface area is 197 Å². The number of amides is 1. The van der Waals surface area contributed by atoms with Crippen LogP contribution in [0.5, 0.6) is 11.5 Å². The van der Waals surface area contributed by atoms with Gasteiger partial charge in [0.15, 0.2) is 11.5 Å². The van der Waals surface area contributed by atoms with E-state index in [4.69, 9.17) is 16.3 Å². The molecule has 3 rings (SSSR count). The molecule has 0 bridgehead atoms. The van der Waals surface area contributed by atoms with E-state index in [0.717, 1.165) is 9.87 Å². The molecule has 0 atom stereocenters. The van der Waals surface area contributed by atoms with Crippen LogP contribution in [0.2, 0.25) is 5.02 Å². The van der Waals surface area contributed by atoms with Crippen molar-refractivity contribution in [2.45, 2.75) is 11.8 Å². The number of ether oxygens (including phenoxy) is 1. The number of methoxy groups -OCH3 is 1. The van der Waals surface area contributed by atoms with Crippen molar-refractivity contribution in [1.29, 1.82) is 0 Å². The van der Waals surface area contributed by atoms with Crippen molar-refractivity contribution in [2.75, 3.05) is 18.0 Å². The average molecular weight is 488 g/mol. The maximum Gasteiger partial charge on any atom is 0.264 e. The third kappa shape index (κ3) is 6.03. The highest BCUT2D eigenvalue weighted by Crippen LogP contribution is 2.27. The smallest absolute Gasteiger partial charge is 0.264 e. The number of benzene rings is 3. The van der Waals surface area contributed by atoms with Gasteiger partial charge in [0, 0.05) is 5.02 Å². The molecule has 1 amide bonds. The summed E-state index contributed by atoms with van der Waals surface area (Å²) in [4.78, 5) is 12.6. The fraction of sp³-hybridized carbons (Fsp3) is 0.130. The molecule has 10 heteroatoms. The maximum absolute atomic E-state index is 13.3. The highest BCUT2D eigenvalue weighted by molar-refractivity contribution is 7.92. The van der Waals surface area contributed by atoms with Crippen molar-refractivity contribution < 1.29 is 23.1 Å². The summed E-state index contributed by atoms with van der Waals surface area (Å²) in [5.74, 6) is -0.439. The van der Waals surface area contributed by atoms with E-state index in [0.29, 0.717) is 10.6 Å². The van der Waals surface area contributed by atoms with E-state index in [-0.39, 0.29) is 22.1 Å². The molecular weight excluding hydrogens is 466 g/mol. The summed E-state index contributed by atoms with van der Waals surface area (Å²) >= 11 is 6.06. The molecule has 33 heavy (non-hydrogen) atoms. The Bertz CT molecular complexity index is 1280. The molecule has 0 saturated carbocycles. The van der Waals surface area contributed by atoms with Crippen LogP contribution < -0.4 is 14.5 Å². The van der Waals surface area contributed by atoms with Gasteiger partial charge in [0.1, 0.15) is 6.54 Å². The van der Waals surface area contributed by atoms with Crippen LogP contribution in [0.15, 0.2) is 76.7 Å². The zero-order chi connectivity index (χ0) is 24.0. The van der Waals surface area contributed by atoms with Gasteiger partial charge < -0.3 is 9.84 Å². The second kappa shape index (κ2) is 10.4. The van der Waals surface area contributed by atoms with Gasteiger partial charge in [-0.2, -0.15) is 5.10 Å². The predicted molar refractivity (Wildman–Crippen MR) is 128 cm³/mol. The fourth-order valence-corrected chi connectivity index (χ4v) is 4.50. The normalized spacial score (nSPS) is 11.4. The first-order valence-corrected chi connectivity index (χ1v) is 11.6. The number of anilines is 1. The molecule has 0 aliphatic carbocycles. The molecule has 0 heterocycles. The fourth-order valence-electron chi connectivity index (χ4n) is 2.90. The predicted octanol–water partition coefficient (Wildman–Crippen LogP) is 3.71. The van der Waals surface area contributed by atoms with Gasteiger partial charge in [-0.05, 0) is 61.0 Å². The number of phenols is 1. The first-order valence-electron chi connectivity index (χ1n) is 9.74. The topological polar surface area (TPSA) is 108 Å². The lowest BCUT2D eigenvalue weighted by molar-refractivity contribution is -0.119. The van der Waals surface area contributed by atoms with E-state index < -0.39 is 22.5 Å². The van der Waals surface area contributed by atoms with Crippen LogP contribution in [0.3, 0.4) is 0 Å². The number of aromatic hydroxyl groups is 1. The minimum atomic E-state index is -4.06. The van der Waals surface area contributed by atoms with Crippen molar-refractivity contribution >= 4 is 39.4 Å². The van der Waals surface area contributed by atoms with E-state index >= 15 is 0 Å². The molecule has 0 aliphatic heterocycles. The number of hydrogen-bond acceptors (Lipinski definition) is 6. The minimum Gasteiger partial charge on any atom is -0.504 e. The van der Waals surface area contributed by atoms with Crippen molar-refractivity contribution in [3.05, 3.63) is 82.9 Å². The lowest BCUT2D eigenvalue weighted by Crippen LogP contribution is -2.39. The average Bonchev–Trinajstić information content (AvgIpc) is 2.78. The molecule has 8 nitrogen and oxygen atoms in total. The Morgan fingerprint density at radius 1 is 1.15 bits per heavy atom. The molecule has 0 radical (unpaired) electrons. The first kappa shape index (κ1) is 24.1. The van der Waals surface area contributed by atoms with E-state index in [1.54, 1.807) is 36.4 Å². The Balaban J connectivity index is 1.83. The van der Waals surface area contributed by atoms with Crippen LogP contribution in [-0.2, 0) is 14.8 Å². The number of nitrogens with one attached hydrogen (secondary N) is 1. The number of aryl methyl sites for hydroxylation is 1. The van der Waals surface area contributed by atoms with Gasteiger partial charge in [-0.3, -0.25) is 9.10 Å². The molecule has 0 aliphatic rings. The van der Waals surface area contributed by atoms with Gasteiger partial charge in [0.25, 0.3) is 15.9 Å². The molecule has 0 fully saturated rings. The summed E-state index contributed by atoms with van der Waals surface area (Å²) in [6.07, 6.45) is 1.35. The summed E-state index contributed by atoms with van der Waals surface area (Å²) in [5.41, 5.74) is 4.02. The molecule has 2 N–H and O–H groups in total. The Morgan fingerprint density at radius 3 is 2.55 bits per heavy atom. The SMILES string of the molecule is COc1cc(/C=N\NC(=O)CN(c2cccc(Cl)c2)S(=O)(=O)c2ccc(C)cc2)ccc1O. The Kier molecular flexibility index (Phi) is 7.57. The number of hydrogen-bond donors (Lipinski definition) is 2. The third-order valence-corrected chi connectivity index (χ3v) is 6.62. The lowest BCUT2D eigenvalue weighted by Gasteiger charge is -2.24. The van der Waals surface area contributed by atoms with Crippen LogP contribution in [0.25, 0.3) is 0 Å². The van der Waals surface area contributed by atoms with Crippen LogP contribution in [0.4, 0.5) is 5.69 Å². The molecule has 0 unspecified atom stereocenters. The van der Waals surface area contributed by atoms with Gasteiger partial charge in [-0.15, -0.1) is 0 Å². The summed E-state index contributed by atoms with van der Waals surface area (Å²) < 4.78 is 32.6. The van der Waals surface area contributed by atoms with E-state index in [2.05, 4.69) is 10.5 Å². The van der Waals surface area contributed by atoms with Crippen molar-refractivity contribution in [3.8, 4) is 11.5 Å². The largest absolute Gasteiger partial charge is 0.504 e. The Morgan fingerprint density at radius 2 is 1.88 bits per heavy atom. The number of carbonyl (C=O) groups excluding carboxylic acids is 1. The molecule has 3 aromatic rings. The zero-order valence-electron chi connectivity index (χ0n) is 17.9.